The summed E-state index contributed by atoms with van der Waals surface area (Å²) in [6, 6.07) is 3.28. The third-order valence-electron chi connectivity index (χ3n) is 4.04. The van der Waals surface area contributed by atoms with E-state index in [2.05, 4.69) is 15.0 Å². The average Bonchev–Trinajstić information content (AvgIpc) is 2.58. The zero-order chi connectivity index (χ0) is 16.6. The van der Waals surface area contributed by atoms with Gasteiger partial charge in [-0.25, -0.2) is 14.8 Å². The lowest BCUT2D eigenvalue weighted by Crippen LogP contribution is -2.59. The van der Waals surface area contributed by atoms with E-state index < -0.39 is 5.92 Å². The van der Waals surface area contributed by atoms with Gasteiger partial charge in [0.15, 0.2) is 12.4 Å². The first kappa shape index (κ1) is 15.1. The van der Waals surface area contributed by atoms with Gasteiger partial charge in [0.05, 0.1) is 11.4 Å². The van der Waals surface area contributed by atoms with E-state index in [0.29, 0.717) is 18.0 Å². The number of aromatic amines is 1. The van der Waals surface area contributed by atoms with Crippen molar-refractivity contribution in [3.8, 4) is 0 Å². The largest absolute Gasteiger partial charge is 0.331 e. The van der Waals surface area contributed by atoms with Crippen LogP contribution in [0.5, 0.6) is 0 Å². The van der Waals surface area contributed by atoms with E-state index in [1.54, 1.807) is 25.6 Å². The van der Waals surface area contributed by atoms with Crippen molar-refractivity contribution >= 4 is 29.2 Å². The molecule has 3 amide bonds. The Kier molecular flexibility index (Phi) is 3.77. The van der Waals surface area contributed by atoms with E-state index >= 15 is 0 Å². The van der Waals surface area contributed by atoms with Crippen LogP contribution in [0.2, 0.25) is 0 Å². The van der Waals surface area contributed by atoms with Crippen LogP contribution in [0.3, 0.4) is 0 Å². The van der Waals surface area contributed by atoms with Crippen molar-refractivity contribution in [3.05, 3.63) is 36.3 Å². The maximum Gasteiger partial charge on any atom is 0.331 e. The molecule has 3 heterocycles. The number of aliphatic imine (C=N–C) groups is 2. The third kappa shape index (κ3) is 2.44. The number of allylic oxidation sites excluding steroid dienone is 1. The molecule has 7 nitrogen and oxygen atoms in total. The molecule has 0 spiro atoms. The van der Waals surface area contributed by atoms with Gasteiger partial charge in [0.2, 0.25) is 5.91 Å². The number of fused-ring (bicyclic) bond motifs is 1. The topological polar surface area (TPSA) is 79.5 Å². The van der Waals surface area contributed by atoms with Crippen molar-refractivity contribution in [3.63, 3.8) is 0 Å². The van der Waals surface area contributed by atoms with E-state index in [-0.39, 0.29) is 11.9 Å². The van der Waals surface area contributed by atoms with Crippen molar-refractivity contribution in [2.45, 2.75) is 13.3 Å². The Morgan fingerprint density at radius 3 is 2.57 bits per heavy atom. The lowest BCUT2D eigenvalue weighted by Gasteiger charge is -2.37. The predicted molar refractivity (Wildman–Crippen MR) is 85.3 cm³/mol. The molecule has 3 rings (SSSR count). The molecule has 1 aromatic heterocycles. The van der Waals surface area contributed by atoms with Gasteiger partial charge in [0.25, 0.3) is 0 Å². The van der Waals surface area contributed by atoms with Crippen molar-refractivity contribution in [2.24, 2.45) is 15.9 Å². The summed E-state index contributed by atoms with van der Waals surface area (Å²) in [6.07, 6.45) is 5.95. The number of carbonyl (C=O) groups is 2. The molecular formula is C16H18N5O2+. The number of hydrogen-bond acceptors (Lipinski definition) is 4. The third-order valence-corrected chi connectivity index (χ3v) is 4.04. The van der Waals surface area contributed by atoms with Crippen LogP contribution in [0.1, 0.15) is 13.3 Å². The van der Waals surface area contributed by atoms with Gasteiger partial charge in [-0.15, -0.1) is 0 Å². The van der Waals surface area contributed by atoms with Crippen LogP contribution in [0, 0.1) is 5.92 Å². The quantitative estimate of drug-likeness (QED) is 0.827. The molecular weight excluding hydrogens is 294 g/mol. The smallest absolute Gasteiger partial charge is 0.284 e. The van der Waals surface area contributed by atoms with Crippen LogP contribution < -0.4 is 4.98 Å². The molecule has 0 bridgehead atoms. The summed E-state index contributed by atoms with van der Waals surface area (Å²) in [5.74, 6) is -0.518. The summed E-state index contributed by atoms with van der Waals surface area (Å²) in [5, 5.41) is 0. The van der Waals surface area contributed by atoms with E-state index in [0.717, 1.165) is 16.2 Å². The van der Waals surface area contributed by atoms with E-state index in [1.165, 1.54) is 11.9 Å². The van der Waals surface area contributed by atoms with E-state index in [9.17, 15) is 9.59 Å². The summed E-state index contributed by atoms with van der Waals surface area (Å²) in [5.41, 5.74) is 2.30. The molecule has 1 aromatic rings. The summed E-state index contributed by atoms with van der Waals surface area (Å²) < 4.78 is 0. The Labute approximate surface area is 134 Å². The molecule has 0 aliphatic carbocycles. The number of pyridine rings is 1. The van der Waals surface area contributed by atoms with Crippen LogP contribution in [0.15, 0.2) is 46.3 Å². The highest BCUT2D eigenvalue weighted by molar-refractivity contribution is 6.33. The number of imide groups is 1. The second-order valence-corrected chi connectivity index (χ2v) is 5.42. The molecule has 1 saturated heterocycles. The maximum atomic E-state index is 12.7. The van der Waals surface area contributed by atoms with Crippen molar-refractivity contribution in [1.29, 1.82) is 0 Å². The molecule has 2 aliphatic rings. The van der Waals surface area contributed by atoms with Gasteiger partial charge in [0.1, 0.15) is 11.8 Å². The number of amidine groups is 1. The summed E-state index contributed by atoms with van der Waals surface area (Å²) in [4.78, 5) is 39.2. The number of rotatable bonds is 2. The fraction of sp³-hybridized carbons (Fsp3) is 0.312. The molecule has 23 heavy (non-hydrogen) atoms. The zero-order valence-corrected chi connectivity index (χ0v) is 13.3. The lowest BCUT2D eigenvalue weighted by molar-refractivity contribution is -0.377. The van der Waals surface area contributed by atoms with Gasteiger partial charge in [0, 0.05) is 32.4 Å². The predicted octanol–water partition coefficient (Wildman–Crippen LogP) is 1.42. The van der Waals surface area contributed by atoms with Crippen LogP contribution in [-0.2, 0) is 4.79 Å². The van der Waals surface area contributed by atoms with Crippen molar-refractivity contribution in [2.75, 3.05) is 14.1 Å². The van der Waals surface area contributed by atoms with Gasteiger partial charge in [-0.1, -0.05) is 6.92 Å². The number of nitrogens with one attached hydrogen (secondary N) is 1. The van der Waals surface area contributed by atoms with Crippen LogP contribution in [0.4, 0.5) is 10.5 Å². The van der Waals surface area contributed by atoms with E-state index in [1.807, 2.05) is 19.1 Å². The van der Waals surface area contributed by atoms with Crippen molar-refractivity contribution < 1.29 is 14.6 Å². The van der Waals surface area contributed by atoms with Crippen LogP contribution in [-0.4, -0.2) is 47.4 Å². The van der Waals surface area contributed by atoms with Gasteiger partial charge < -0.3 is 0 Å². The standard InChI is InChI=1S/C16H17N5O2/c1-4-10-9-18-14-12(15(22)21(3)16(23)20(14)2)13(10)19-11-5-7-17-8-6-11/h5-9,12H,4H2,1-3H3/p+1. The number of H-pyrrole nitrogens is 1. The molecule has 1 fully saturated rings. The highest BCUT2D eigenvalue weighted by Crippen LogP contribution is 2.28. The first-order chi connectivity index (χ1) is 11.0. The summed E-state index contributed by atoms with van der Waals surface area (Å²) in [7, 11) is 3.11. The highest BCUT2D eigenvalue weighted by atomic mass is 16.2. The fourth-order valence-electron chi connectivity index (χ4n) is 2.71. The molecule has 2 aliphatic heterocycles. The normalized spacial score (nSPS) is 22.9. The molecule has 1 N–H and O–H groups in total. The van der Waals surface area contributed by atoms with Gasteiger partial charge >= 0.3 is 6.03 Å². The number of urea groups is 1. The zero-order valence-electron chi connectivity index (χ0n) is 13.3. The fourth-order valence-corrected chi connectivity index (χ4v) is 2.71. The first-order valence-electron chi connectivity index (χ1n) is 7.41. The number of nitrogens with zero attached hydrogens (tertiary/aromatic N) is 4. The number of aromatic nitrogens is 1. The van der Waals surface area contributed by atoms with Gasteiger partial charge in [-0.2, -0.15) is 0 Å². The van der Waals surface area contributed by atoms with Crippen LogP contribution in [0.25, 0.3) is 0 Å². The Morgan fingerprint density at radius 2 is 1.91 bits per heavy atom. The first-order valence-corrected chi connectivity index (χ1v) is 7.41. The Balaban J connectivity index is 2.13. The summed E-state index contributed by atoms with van der Waals surface area (Å²) >= 11 is 0. The average molecular weight is 312 g/mol. The van der Waals surface area contributed by atoms with Crippen LogP contribution >= 0.6 is 0 Å². The molecule has 0 saturated carbocycles. The monoisotopic (exact) mass is 312 g/mol. The highest BCUT2D eigenvalue weighted by Gasteiger charge is 2.45. The second kappa shape index (κ2) is 5.75. The lowest BCUT2D eigenvalue weighted by atomic mass is 9.89. The molecule has 0 radical (unpaired) electrons. The molecule has 118 valence electrons. The minimum Gasteiger partial charge on any atom is -0.284 e. The Hall–Kier alpha value is -2.83. The molecule has 1 atom stereocenters. The number of carbonyl (C=O) groups excluding carboxylic acids is 2. The maximum absolute atomic E-state index is 12.7. The van der Waals surface area contributed by atoms with Crippen molar-refractivity contribution in [1.82, 2.24) is 9.80 Å². The number of amides is 3. The minimum atomic E-state index is -0.646. The van der Waals surface area contributed by atoms with Gasteiger partial charge in [-0.05, 0) is 12.0 Å². The number of hydrogen-bond donors (Lipinski definition) is 0. The Morgan fingerprint density at radius 1 is 1.22 bits per heavy atom. The molecule has 1 unspecified atom stereocenters. The molecule has 0 aromatic carbocycles. The minimum absolute atomic E-state index is 0.299. The van der Waals surface area contributed by atoms with E-state index in [4.69, 9.17) is 0 Å². The Bertz CT molecular complexity index is 751. The van der Waals surface area contributed by atoms with Gasteiger partial charge in [-0.3, -0.25) is 19.6 Å². The second-order valence-electron chi connectivity index (χ2n) is 5.42. The summed E-state index contributed by atoms with van der Waals surface area (Å²) in [6.45, 7) is 1.99. The SMILES string of the molecule is CCC1=CN=C2C(C(=O)N(C)C(=O)N2C)C1=Nc1cc[nH+]cc1. The molecule has 7 heteroatoms.